The van der Waals surface area contributed by atoms with E-state index in [2.05, 4.69) is 10.6 Å². The zero-order valence-electron chi connectivity index (χ0n) is 10.2. The zero-order chi connectivity index (χ0) is 12.8. The van der Waals surface area contributed by atoms with Crippen LogP contribution in [0.2, 0.25) is 0 Å². The molecular formula is C14H16N2OS. The van der Waals surface area contributed by atoms with Crippen LogP contribution in [0, 0.1) is 0 Å². The summed E-state index contributed by atoms with van der Waals surface area (Å²) in [6, 6.07) is 13.8. The van der Waals surface area contributed by atoms with E-state index < -0.39 is 0 Å². The number of hydrogen-bond acceptors (Lipinski definition) is 3. The SMILES string of the molecule is C[C@H](NC(=O)CNc1ccccc1)c1cccs1. The molecule has 1 heterocycles. The van der Waals surface area contributed by atoms with Gasteiger partial charge in [-0.1, -0.05) is 24.3 Å². The zero-order valence-corrected chi connectivity index (χ0v) is 11.0. The number of amides is 1. The van der Waals surface area contributed by atoms with Gasteiger partial charge in [0, 0.05) is 10.6 Å². The van der Waals surface area contributed by atoms with E-state index in [0.29, 0.717) is 6.54 Å². The summed E-state index contributed by atoms with van der Waals surface area (Å²) in [4.78, 5) is 12.9. The van der Waals surface area contributed by atoms with Crippen molar-refractivity contribution in [2.75, 3.05) is 11.9 Å². The maximum Gasteiger partial charge on any atom is 0.239 e. The van der Waals surface area contributed by atoms with E-state index in [1.54, 1.807) is 11.3 Å². The Balaban J connectivity index is 1.79. The summed E-state index contributed by atoms with van der Waals surface area (Å²) >= 11 is 1.65. The van der Waals surface area contributed by atoms with Gasteiger partial charge in [0.25, 0.3) is 0 Å². The van der Waals surface area contributed by atoms with Gasteiger partial charge in [0.2, 0.25) is 5.91 Å². The molecule has 2 aromatic rings. The van der Waals surface area contributed by atoms with Crippen molar-refractivity contribution >= 4 is 22.9 Å². The third kappa shape index (κ3) is 3.60. The van der Waals surface area contributed by atoms with Crippen LogP contribution in [0.15, 0.2) is 47.8 Å². The molecule has 0 saturated carbocycles. The van der Waals surface area contributed by atoms with Crippen LogP contribution in [0.4, 0.5) is 5.69 Å². The molecule has 0 aliphatic rings. The molecule has 94 valence electrons. The number of carbonyl (C=O) groups excluding carboxylic acids is 1. The van der Waals surface area contributed by atoms with Crippen molar-refractivity contribution in [3.63, 3.8) is 0 Å². The number of para-hydroxylation sites is 1. The Morgan fingerprint density at radius 1 is 1.22 bits per heavy atom. The van der Waals surface area contributed by atoms with E-state index in [4.69, 9.17) is 0 Å². The Kier molecular flexibility index (Phi) is 4.36. The minimum absolute atomic E-state index is 0.000229. The molecular weight excluding hydrogens is 244 g/mol. The molecule has 1 aromatic heterocycles. The van der Waals surface area contributed by atoms with Gasteiger partial charge in [0.1, 0.15) is 0 Å². The van der Waals surface area contributed by atoms with Crippen molar-refractivity contribution in [1.82, 2.24) is 5.32 Å². The van der Waals surface area contributed by atoms with E-state index in [-0.39, 0.29) is 11.9 Å². The van der Waals surface area contributed by atoms with Crippen LogP contribution < -0.4 is 10.6 Å². The highest BCUT2D eigenvalue weighted by Gasteiger charge is 2.09. The molecule has 0 radical (unpaired) electrons. The van der Waals surface area contributed by atoms with Gasteiger partial charge >= 0.3 is 0 Å². The highest BCUT2D eigenvalue weighted by Crippen LogP contribution is 2.17. The van der Waals surface area contributed by atoms with Gasteiger partial charge in [0.05, 0.1) is 12.6 Å². The lowest BCUT2D eigenvalue weighted by Crippen LogP contribution is -2.31. The number of anilines is 1. The third-order valence-electron chi connectivity index (χ3n) is 2.57. The van der Waals surface area contributed by atoms with Crippen molar-refractivity contribution < 1.29 is 4.79 Å². The van der Waals surface area contributed by atoms with Gasteiger partial charge in [0.15, 0.2) is 0 Å². The lowest BCUT2D eigenvalue weighted by atomic mass is 10.2. The predicted molar refractivity (Wildman–Crippen MR) is 75.8 cm³/mol. The fourth-order valence-electron chi connectivity index (χ4n) is 1.64. The Morgan fingerprint density at radius 3 is 2.67 bits per heavy atom. The van der Waals surface area contributed by atoms with E-state index in [0.717, 1.165) is 5.69 Å². The average Bonchev–Trinajstić information content (AvgIpc) is 2.91. The van der Waals surface area contributed by atoms with Crippen molar-refractivity contribution in [2.45, 2.75) is 13.0 Å². The standard InChI is InChI=1S/C14H16N2OS/c1-11(13-8-5-9-18-13)16-14(17)10-15-12-6-3-2-4-7-12/h2-9,11,15H,10H2,1H3,(H,16,17)/t11-/m0/s1. The fourth-order valence-corrected chi connectivity index (χ4v) is 2.37. The van der Waals surface area contributed by atoms with Crippen molar-refractivity contribution in [1.29, 1.82) is 0 Å². The fraction of sp³-hybridized carbons (Fsp3) is 0.214. The molecule has 18 heavy (non-hydrogen) atoms. The first-order valence-corrected chi connectivity index (χ1v) is 6.75. The molecule has 0 aliphatic carbocycles. The summed E-state index contributed by atoms with van der Waals surface area (Å²) in [5, 5.41) is 8.06. The molecule has 4 heteroatoms. The minimum Gasteiger partial charge on any atom is -0.376 e. The second-order valence-electron chi connectivity index (χ2n) is 4.02. The third-order valence-corrected chi connectivity index (χ3v) is 3.63. The van der Waals surface area contributed by atoms with Crippen molar-refractivity contribution in [3.8, 4) is 0 Å². The van der Waals surface area contributed by atoms with Crippen LogP contribution in [-0.2, 0) is 4.79 Å². The maximum absolute atomic E-state index is 11.8. The molecule has 2 rings (SSSR count). The molecule has 2 N–H and O–H groups in total. The molecule has 0 aliphatic heterocycles. The first-order chi connectivity index (χ1) is 8.75. The van der Waals surface area contributed by atoms with Gasteiger partial charge in [-0.15, -0.1) is 11.3 Å². The molecule has 3 nitrogen and oxygen atoms in total. The summed E-state index contributed by atoms with van der Waals surface area (Å²) < 4.78 is 0. The second kappa shape index (κ2) is 6.21. The molecule has 0 saturated heterocycles. The Morgan fingerprint density at radius 2 is 2.00 bits per heavy atom. The van der Waals surface area contributed by atoms with E-state index in [1.807, 2.05) is 54.8 Å². The minimum atomic E-state index is -0.000229. The average molecular weight is 260 g/mol. The molecule has 1 atom stereocenters. The number of rotatable bonds is 5. The lowest BCUT2D eigenvalue weighted by Gasteiger charge is -2.13. The summed E-state index contributed by atoms with van der Waals surface area (Å²) in [5.41, 5.74) is 0.955. The summed E-state index contributed by atoms with van der Waals surface area (Å²) in [7, 11) is 0. The summed E-state index contributed by atoms with van der Waals surface area (Å²) in [6.45, 7) is 2.28. The largest absolute Gasteiger partial charge is 0.376 e. The lowest BCUT2D eigenvalue weighted by molar-refractivity contribution is -0.120. The molecule has 0 fully saturated rings. The van der Waals surface area contributed by atoms with Gasteiger partial charge < -0.3 is 10.6 Å². The van der Waals surface area contributed by atoms with Gasteiger partial charge in [-0.2, -0.15) is 0 Å². The molecule has 1 amide bonds. The van der Waals surface area contributed by atoms with E-state index in [1.165, 1.54) is 4.88 Å². The molecule has 0 bridgehead atoms. The van der Waals surface area contributed by atoms with Crippen LogP contribution in [0.25, 0.3) is 0 Å². The van der Waals surface area contributed by atoms with Crippen molar-refractivity contribution in [3.05, 3.63) is 52.7 Å². The van der Waals surface area contributed by atoms with Crippen LogP contribution in [0.3, 0.4) is 0 Å². The summed E-state index contributed by atoms with van der Waals surface area (Å²) in [5.74, 6) is -0.000229. The first kappa shape index (κ1) is 12.6. The number of nitrogens with one attached hydrogen (secondary N) is 2. The highest BCUT2D eigenvalue weighted by atomic mass is 32.1. The highest BCUT2D eigenvalue weighted by molar-refractivity contribution is 7.10. The normalized spacial score (nSPS) is 11.8. The predicted octanol–water partition coefficient (Wildman–Crippen LogP) is 3.04. The van der Waals surface area contributed by atoms with Crippen LogP contribution in [0.1, 0.15) is 17.8 Å². The number of carbonyl (C=O) groups is 1. The maximum atomic E-state index is 11.8. The van der Waals surface area contributed by atoms with E-state index in [9.17, 15) is 4.79 Å². The van der Waals surface area contributed by atoms with Crippen LogP contribution in [0.5, 0.6) is 0 Å². The second-order valence-corrected chi connectivity index (χ2v) is 5.00. The molecule has 0 spiro atoms. The Bertz CT molecular complexity index is 482. The number of benzene rings is 1. The molecule has 1 aromatic carbocycles. The number of thiophene rings is 1. The monoisotopic (exact) mass is 260 g/mol. The summed E-state index contributed by atoms with van der Waals surface area (Å²) in [6.07, 6.45) is 0. The van der Waals surface area contributed by atoms with Gasteiger partial charge in [-0.05, 0) is 30.5 Å². The smallest absolute Gasteiger partial charge is 0.239 e. The Hall–Kier alpha value is -1.81. The topological polar surface area (TPSA) is 41.1 Å². The Labute approximate surface area is 111 Å². The van der Waals surface area contributed by atoms with Gasteiger partial charge in [-0.3, -0.25) is 4.79 Å². The molecule has 0 unspecified atom stereocenters. The van der Waals surface area contributed by atoms with Crippen molar-refractivity contribution in [2.24, 2.45) is 0 Å². The van der Waals surface area contributed by atoms with Gasteiger partial charge in [-0.25, -0.2) is 0 Å². The van der Waals surface area contributed by atoms with Crippen LogP contribution in [-0.4, -0.2) is 12.5 Å². The first-order valence-electron chi connectivity index (χ1n) is 5.87. The van der Waals surface area contributed by atoms with E-state index >= 15 is 0 Å². The van der Waals surface area contributed by atoms with Crippen LogP contribution >= 0.6 is 11.3 Å². The number of hydrogen-bond donors (Lipinski definition) is 2. The quantitative estimate of drug-likeness (QED) is 0.867.